The normalized spacial score (nSPS) is 10.9. The second kappa shape index (κ2) is 7.43. The standard InChI is InChI=1S/C18H16FN7O2/c1-2-26-10-12(8-21-26)17-22-16(28-25-17)9-20-18(27)15-7-14(23-24-15)11-3-5-13(19)6-4-11/h3-8,10H,2,9H2,1H3,(H,20,27)(H,23,24). The highest BCUT2D eigenvalue weighted by molar-refractivity contribution is 5.93. The summed E-state index contributed by atoms with van der Waals surface area (Å²) in [7, 11) is 0. The summed E-state index contributed by atoms with van der Waals surface area (Å²) in [6, 6.07) is 7.44. The van der Waals surface area contributed by atoms with Gasteiger partial charge < -0.3 is 9.84 Å². The molecular formula is C18H16FN7O2. The summed E-state index contributed by atoms with van der Waals surface area (Å²) in [5.41, 5.74) is 2.24. The Hall–Kier alpha value is -3.82. The minimum absolute atomic E-state index is 0.0681. The second-order valence-electron chi connectivity index (χ2n) is 5.95. The smallest absolute Gasteiger partial charge is 0.269 e. The van der Waals surface area contributed by atoms with E-state index in [1.807, 2.05) is 13.1 Å². The Kier molecular flexibility index (Phi) is 4.67. The molecule has 0 fully saturated rings. The van der Waals surface area contributed by atoms with E-state index in [0.717, 1.165) is 12.1 Å². The summed E-state index contributed by atoms with van der Waals surface area (Å²) in [5.74, 6) is -0.0346. The van der Waals surface area contributed by atoms with Crippen molar-refractivity contribution in [3.63, 3.8) is 0 Å². The zero-order valence-corrected chi connectivity index (χ0v) is 14.9. The lowest BCUT2D eigenvalue weighted by Crippen LogP contribution is -2.23. The van der Waals surface area contributed by atoms with Crippen LogP contribution in [0.5, 0.6) is 0 Å². The number of aromatic amines is 1. The fraction of sp³-hybridized carbons (Fsp3) is 0.167. The Balaban J connectivity index is 1.39. The molecule has 0 spiro atoms. The molecule has 3 aromatic heterocycles. The van der Waals surface area contributed by atoms with Gasteiger partial charge in [0.15, 0.2) is 0 Å². The molecule has 10 heteroatoms. The third-order valence-corrected chi connectivity index (χ3v) is 4.05. The van der Waals surface area contributed by atoms with Crippen LogP contribution in [0.15, 0.2) is 47.2 Å². The monoisotopic (exact) mass is 381 g/mol. The van der Waals surface area contributed by atoms with Crippen molar-refractivity contribution < 1.29 is 13.7 Å². The van der Waals surface area contributed by atoms with Crippen molar-refractivity contribution in [3.05, 3.63) is 60.1 Å². The number of H-pyrrole nitrogens is 1. The van der Waals surface area contributed by atoms with Crippen LogP contribution >= 0.6 is 0 Å². The van der Waals surface area contributed by atoms with Crippen molar-refractivity contribution in [2.24, 2.45) is 0 Å². The van der Waals surface area contributed by atoms with Gasteiger partial charge in [-0.1, -0.05) is 5.16 Å². The number of carbonyl (C=O) groups is 1. The van der Waals surface area contributed by atoms with Crippen LogP contribution in [0, 0.1) is 5.82 Å². The Morgan fingerprint density at radius 3 is 2.86 bits per heavy atom. The van der Waals surface area contributed by atoms with E-state index in [-0.39, 0.29) is 29.9 Å². The Morgan fingerprint density at radius 1 is 1.29 bits per heavy atom. The molecule has 0 unspecified atom stereocenters. The van der Waals surface area contributed by atoms with E-state index in [9.17, 15) is 9.18 Å². The molecular weight excluding hydrogens is 365 g/mol. The number of nitrogens with zero attached hydrogens (tertiary/aromatic N) is 5. The molecule has 1 aromatic carbocycles. The van der Waals surface area contributed by atoms with Crippen molar-refractivity contribution in [1.29, 1.82) is 0 Å². The number of aryl methyl sites for hydroxylation is 1. The molecule has 0 aliphatic carbocycles. The van der Waals surface area contributed by atoms with Gasteiger partial charge in [-0.3, -0.25) is 14.6 Å². The Bertz CT molecular complexity index is 1100. The largest absolute Gasteiger partial charge is 0.342 e. The number of carbonyl (C=O) groups excluding carboxylic acids is 1. The van der Waals surface area contributed by atoms with Gasteiger partial charge >= 0.3 is 0 Å². The molecule has 0 saturated heterocycles. The van der Waals surface area contributed by atoms with Crippen molar-refractivity contribution in [3.8, 4) is 22.6 Å². The van der Waals surface area contributed by atoms with Crippen molar-refractivity contribution in [1.82, 2.24) is 35.4 Å². The predicted molar refractivity (Wildman–Crippen MR) is 96.3 cm³/mol. The maximum atomic E-state index is 13.0. The first-order valence-electron chi connectivity index (χ1n) is 8.57. The molecule has 0 saturated carbocycles. The van der Waals surface area contributed by atoms with Crippen LogP contribution in [0.25, 0.3) is 22.6 Å². The van der Waals surface area contributed by atoms with Gasteiger partial charge in [-0.25, -0.2) is 4.39 Å². The van der Waals surface area contributed by atoms with E-state index < -0.39 is 0 Å². The molecule has 4 aromatic rings. The summed E-state index contributed by atoms with van der Waals surface area (Å²) < 4.78 is 19.9. The van der Waals surface area contributed by atoms with Gasteiger partial charge in [0.05, 0.1) is 24.0 Å². The summed E-state index contributed by atoms with van der Waals surface area (Å²) in [6.07, 6.45) is 3.47. The molecule has 3 heterocycles. The van der Waals surface area contributed by atoms with Crippen LogP contribution in [0.4, 0.5) is 4.39 Å². The number of amides is 1. The third-order valence-electron chi connectivity index (χ3n) is 4.05. The predicted octanol–water partition coefficient (Wildman–Crippen LogP) is 2.41. The molecule has 0 bridgehead atoms. The highest BCUT2D eigenvalue weighted by Crippen LogP contribution is 2.18. The molecule has 0 aliphatic heterocycles. The summed E-state index contributed by atoms with van der Waals surface area (Å²) in [5, 5.41) is 17.5. The van der Waals surface area contributed by atoms with Crippen LogP contribution < -0.4 is 5.32 Å². The summed E-state index contributed by atoms with van der Waals surface area (Å²) >= 11 is 0. The van der Waals surface area contributed by atoms with Gasteiger partial charge in [-0.15, -0.1) is 0 Å². The number of hydrogen-bond acceptors (Lipinski definition) is 6. The van der Waals surface area contributed by atoms with Crippen LogP contribution in [0.3, 0.4) is 0 Å². The second-order valence-corrected chi connectivity index (χ2v) is 5.95. The van der Waals surface area contributed by atoms with Crippen LogP contribution in [-0.4, -0.2) is 36.0 Å². The Labute approximate surface area is 158 Å². The number of hydrogen-bond donors (Lipinski definition) is 2. The molecule has 28 heavy (non-hydrogen) atoms. The van der Waals surface area contributed by atoms with Crippen LogP contribution in [0.1, 0.15) is 23.3 Å². The number of benzene rings is 1. The first-order chi connectivity index (χ1) is 13.6. The van der Waals surface area contributed by atoms with E-state index in [2.05, 4.69) is 30.8 Å². The van der Waals surface area contributed by atoms with Gasteiger partial charge in [0.25, 0.3) is 5.91 Å². The van der Waals surface area contributed by atoms with Crippen LogP contribution in [-0.2, 0) is 13.1 Å². The first kappa shape index (κ1) is 17.6. The lowest BCUT2D eigenvalue weighted by atomic mass is 10.1. The molecule has 142 valence electrons. The third kappa shape index (κ3) is 3.65. The maximum absolute atomic E-state index is 13.0. The van der Waals surface area contributed by atoms with E-state index in [1.54, 1.807) is 29.1 Å². The quantitative estimate of drug-likeness (QED) is 0.530. The van der Waals surface area contributed by atoms with Gasteiger partial charge in [-0.05, 0) is 37.3 Å². The molecule has 0 radical (unpaired) electrons. The molecule has 2 N–H and O–H groups in total. The van der Waals surface area contributed by atoms with E-state index >= 15 is 0 Å². The molecule has 0 aliphatic rings. The summed E-state index contributed by atoms with van der Waals surface area (Å²) in [6.45, 7) is 2.79. The van der Waals surface area contributed by atoms with E-state index in [4.69, 9.17) is 4.52 Å². The van der Waals surface area contributed by atoms with Crippen LogP contribution in [0.2, 0.25) is 0 Å². The average molecular weight is 381 g/mol. The average Bonchev–Trinajstić information content (AvgIpc) is 3.46. The Morgan fingerprint density at radius 2 is 2.11 bits per heavy atom. The first-order valence-corrected chi connectivity index (χ1v) is 8.57. The number of halogens is 1. The van der Waals surface area contributed by atoms with Gasteiger partial charge in [0.2, 0.25) is 11.7 Å². The molecule has 1 amide bonds. The topological polar surface area (TPSA) is 115 Å². The van der Waals surface area contributed by atoms with Crippen molar-refractivity contribution in [2.75, 3.05) is 0 Å². The fourth-order valence-corrected chi connectivity index (χ4v) is 2.55. The fourth-order valence-electron chi connectivity index (χ4n) is 2.55. The summed E-state index contributed by atoms with van der Waals surface area (Å²) in [4.78, 5) is 16.5. The number of aromatic nitrogens is 6. The molecule has 4 rings (SSSR count). The zero-order valence-electron chi connectivity index (χ0n) is 14.9. The minimum Gasteiger partial charge on any atom is -0.342 e. The lowest BCUT2D eigenvalue weighted by molar-refractivity contribution is 0.0941. The number of nitrogens with one attached hydrogen (secondary N) is 2. The van der Waals surface area contributed by atoms with Gasteiger partial charge in [-0.2, -0.15) is 15.2 Å². The molecule has 0 atom stereocenters. The molecule has 9 nitrogen and oxygen atoms in total. The van der Waals surface area contributed by atoms with Crippen molar-refractivity contribution in [2.45, 2.75) is 20.0 Å². The highest BCUT2D eigenvalue weighted by Gasteiger charge is 2.14. The van der Waals surface area contributed by atoms with Crippen molar-refractivity contribution >= 4 is 5.91 Å². The zero-order chi connectivity index (χ0) is 19.5. The SMILES string of the molecule is CCn1cc(-c2noc(CNC(=O)c3cc(-c4ccc(F)cc4)n[nH]3)n2)cn1. The van der Waals surface area contributed by atoms with Gasteiger partial charge in [0.1, 0.15) is 11.5 Å². The van der Waals surface area contributed by atoms with E-state index in [0.29, 0.717) is 17.1 Å². The number of rotatable bonds is 6. The van der Waals surface area contributed by atoms with E-state index in [1.165, 1.54) is 12.1 Å². The maximum Gasteiger partial charge on any atom is 0.269 e. The lowest BCUT2D eigenvalue weighted by Gasteiger charge is -1.98. The van der Waals surface area contributed by atoms with Gasteiger partial charge in [0, 0.05) is 18.3 Å². The minimum atomic E-state index is -0.376. The highest BCUT2D eigenvalue weighted by atomic mass is 19.1.